The number of piperidine rings is 1. The molecular weight excluding hydrogens is 200 g/mol. The monoisotopic (exact) mass is 228 g/mol. The fourth-order valence-corrected chi connectivity index (χ4v) is 2.24. The maximum Gasteiger partial charge on any atom is 0.0768 e. The van der Waals surface area contributed by atoms with E-state index in [-0.39, 0.29) is 0 Å². The van der Waals surface area contributed by atoms with Crippen molar-refractivity contribution in [3.8, 4) is 0 Å². The van der Waals surface area contributed by atoms with Crippen LogP contribution in [-0.4, -0.2) is 47.8 Å². The minimum Gasteiger partial charge on any atom is -0.389 e. The van der Waals surface area contributed by atoms with Crippen molar-refractivity contribution in [2.75, 3.05) is 26.2 Å². The summed E-state index contributed by atoms with van der Waals surface area (Å²) in [6, 6.07) is 0.601. The highest BCUT2D eigenvalue weighted by atomic mass is 16.3. The Balaban J connectivity index is 2.53. The van der Waals surface area contributed by atoms with Gasteiger partial charge in [0.15, 0.2) is 0 Å². The first-order valence-electron chi connectivity index (χ1n) is 6.64. The Kier molecular flexibility index (Phi) is 5.22. The van der Waals surface area contributed by atoms with E-state index in [1.807, 2.05) is 6.92 Å². The predicted molar refractivity (Wildman–Crippen MR) is 68.6 cm³/mol. The Morgan fingerprint density at radius 2 is 2.19 bits per heavy atom. The summed E-state index contributed by atoms with van der Waals surface area (Å²) >= 11 is 0. The topological polar surface area (TPSA) is 35.5 Å². The highest BCUT2D eigenvalue weighted by Gasteiger charge is 2.30. The Morgan fingerprint density at radius 3 is 2.62 bits per heavy atom. The van der Waals surface area contributed by atoms with Gasteiger partial charge in [-0.15, -0.1) is 0 Å². The first kappa shape index (κ1) is 13.9. The number of nitrogens with one attached hydrogen (secondary N) is 1. The third kappa shape index (κ3) is 3.72. The van der Waals surface area contributed by atoms with E-state index in [1.165, 1.54) is 12.8 Å². The van der Waals surface area contributed by atoms with Crippen molar-refractivity contribution in [3.05, 3.63) is 0 Å². The highest BCUT2D eigenvalue weighted by molar-refractivity contribution is 4.85. The molecule has 2 N–H and O–H groups in total. The smallest absolute Gasteiger partial charge is 0.0768 e. The quantitative estimate of drug-likeness (QED) is 0.748. The third-order valence-corrected chi connectivity index (χ3v) is 3.96. The van der Waals surface area contributed by atoms with E-state index < -0.39 is 5.60 Å². The van der Waals surface area contributed by atoms with Crippen molar-refractivity contribution in [3.63, 3.8) is 0 Å². The van der Waals surface area contributed by atoms with Crippen molar-refractivity contribution in [2.45, 2.75) is 52.2 Å². The molecule has 96 valence electrons. The molecular formula is C13H28N2O. The van der Waals surface area contributed by atoms with Gasteiger partial charge in [0.05, 0.1) is 5.60 Å². The number of rotatable bonds is 5. The predicted octanol–water partition coefficient (Wildman–Crippen LogP) is 1.47. The SMILES string of the molecule is CCN(CC(C)(O)C(C)C)C1CCCNC1. The maximum absolute atomic E-state index is 10.4. The molecule has 3 heteroatoms. The van der Waals surface area contributed by atoms with E-state index in [9.17, 15) is 5.11 Å². The molecule has 2 atom stereocenters. The van der Waals surface area contributed by atoms with Crippen LogP contribution < -0.4 is 5.32 Å². The Morgan fingerprint density at radius 1 is 1.50 bits per heavy atom. The highest BCUT2D eigenvalue weighted by Crippen LogP contribution is 2.20. The summed E-state index contributed by atoms with van der Waals surface area (Å²) < 4.78 is 0. The summed E-state index contributed by atoms with van der Waals surface area (Å²) in [6.45, 7) is 12.3. The molecule has 1 fully saturated rings. The van der Waals surface area contributed by atoms with Crippen molar-refractivity contribution < 1.29 is 5.11 Å². The third-order valence-electron chi connectivity index (χ3n) is 3.96. The lowest BCUT2D eigenvalue weighted by Gasteiger charge is -2.40. The second-order valence-electron chi connectivity index (χ2n) is 5.58. The molecule has 1 aliphatic heterocycles. The van der Waals surface area contributed by atoms with Gasteiger partial charge in [-0.2, -0.15) is 0 Å². The van der Waals surface area contributed by atoms with Gasteiger partial charge in [-0.3, -0.25) is 4.90 Å². The fraction of sp³-hybridized carbons (Fsp3) is 1.00. The van der Waals surface area contributed by atoms with Crippen molar-refractivity contribution in [1.82, 2.24) is 10.2 Å². The van der Waals surface area contributed by atoms with Crippen molar-refractivity contribution in [2.24, 2.45) is 5.92 Å². The molecule has 0 amide bonds. The molecule has 16 heavy (non-hydrogen) atoms. The Labute approximate surface area is 100 Å². The van der Waals surface area contributed by atoms with Crippen LogP contribution in [0.5, 0.6) is 0 Å². The van der Waals surface area contributed by atoms with E-state index in [4.69, 9.17) is 0 Å². The first-order chi connectivity index (χ1) is 7.47. The molecule has 3 nitrogen and oxygen atoms in total. The maximum atomic E-state index is 10.4. The minimum atomic E-state index is -0.576. The molecule has 0 radical (unpaired) electrons. The molecule has 0 bridgehead atoms. The molecule has 1 aliphatic rings. The van der Waals surface area contributed by atoms with Gasteiger partial charge in [-0.1, -0.05) is 20.8 Å². The van der Waals surface area contributed by atoms with Crippen LogP contribution in [0.15, 0.2) is 0 Å². The molecule has 0 aromatic heterocycles. The van der Waals surface area contributed by atoms with Gasteiger partial charge in [0.25, 0.3) is 0 Å². The van der Waals surface area contributed by atoms with Gasteiger partial charge in [-0.05, 0) is 38.8 Å². The zero-order valence-corrected chi connectivity index (χ0v) is 11.3. The van der Waals surface area contributed by atoms with Crippen LogP contribution in [0.4, 0.5) is 0 Å². The summed E-state index contributed by atoms with van der Waals surface area (Å²) in [5, 5.41) is 13.8. The average Bonchev–Trinajstić information content (AvgIpc) is 2.27. The van der Waals surface area contributed by atoms with Gasteiger partial charge in [0.2, 0.25) is 0 Å². The van der Waals surface area contributed by atoms with Gasteiger partial charge in [0, 0.05) is 19.1 Å². The summed E-state index contributed by atoms with van der Waals surface area (Å²) in [7, 11) is 0. The molecule has 0 aliphatic carbocycles. The molecule has 0 aromatic carbocycles. The lowest BCUT2D eigenvalue weighted by Crippen LogP contribution is -2.52. The summed E-state index contributed by atoms with van der Waals surface area (Å²) in [6.07, 6.45) is 2.51. The largest absolute Gasteiger partial charge is 0.389 e. The molecule has 1 rings (SSSR count). The molecule has 0 spiro atoms. The van der Waals surface area contributed by atoms with Crippen LogP contribution in [0.2, 0.25) is 0 Å². The number of aliphatic hydroxyl groups is 1. The fourth-order valence-electron chi connectivity index (χ4n) is 2.24. The normalized spacial score (nSPS) is 26.1. The van der Waals surface area contributed by atoms with Crippen LogP contribution in [0.25, 0.3) is 0 Å². The van der Waals surface area contributed by atoms with E-state index in [0.29, 0.717) is 12.0 Å². The van der Waals surface area contributed by atoms with Crippen LogP contribution in [-0.2, 0) is 0 Å². The summed E-state index contributed by atoms with van der Waals surface area (Å²) in [5.41, 5.74) is -0.576. The molecule has 0 saturated carbocycles. The van der Waals surface area contributed by atoms with E-state index in [2.05, 4.69) is 31.0 Å². The second kappa shape index (κ2) is 5.99. The van der Waals surface area contributed by atoms with Crippen molar-refractivity contribution >= 4 is 0 Å². The molecule has 0 aromatic rings. The van der Waals surface area contributed by atoms with Crippen LogP contribution in [0.3, 0.4) is 0 Å². The summed E-state index contributed by atoms with van der Waals surface area (Å²) in [5.74, 6) is 0.304. The van der Waals surface area contributed by atoms with Crippen molar-refractivity contribution in [1.29, 1.82) is 0 Å². The van der Waals surface area contributed by atoms with Gasteiger partial charge in [0.1, 0.15) is 0 Å². The lowest BCUT2D eigenvalue weighted by molar-refractivity contribution is -0.0301. The van der Waals surface area contributed by atoms with Gasteiger partial charge < -0.3 is 10.4 Å². The molecule has 1 saturated heterocycles. The van der Waals surface area contributed by atoms with Crippen LogP contribution in [0, 0.1) is 5.92 Å². The molecule has 1 heterocycles. The number of hydrogen-bond acceptors (Lipinski definition) is 3. The second-order valence-corrected chi connectivity index (χ2v) is 5.58. The standard InChI is InChI=1S/C13H28N2O/c1-5-15(10-13(4,16)11(2)3)12-7-6-8-14-9-12/h11-12,14,16H,5-10H2,1-4H3. The van der Waals surface area contributed by atoms with E-state index in [0.717, 1.165) is 26.2 Å². The van der Waals surface area contributed by atoms with Crippen LogP contribution >= 0.6 is 0 Å². The van der Waals surface area contributed by atoms with E-state index >= 15 is 0 Å². The minimum absolute atomic E-state index is 0.304. The van der Waals surface area contributed by atoms with Gasteiger partial charge >= 0.3 is 0 Å². The number of likely N-dealkylation sites (N-methyl/N-ethyl adjacent to an activating group) is 1. The average molecular weight is 228 g/mol. The molecule has 2 unspecified atom stereocenters. The zero-order valence-electron chi connectivity index (χ0n) is 11.3. The summed E-state index contributed by atoms with van der Waals surface area (Å²) in [4.78, 5) is 2.42. The zero-order chi connectivity index (χ0) is 12.2. The number of hydrogen-bond donors (Lipinski definition) is 2. The van der Waals surface area contributed by atoms with E-state index in [1.54, 1.807) is 0 Å². The first-order valence-corrected chi connectivity index (χ1v) is 6.64. The van der Waals surface area contributed by atoms with Gasteiger partial charge in [-0.25, -0.2) is 0 Å². The van der Waals surface area contributed by atoms with Crippen LogP contribution in [0.1, 0.15) is 40.5 Å². The lowest BCUT2D eigenvalue weighted by atomic mass is 9.91. The Hall–Kier alpha value is -0.120. The number of nitrogens with zero attached hydrogens (tertiary/aromatic N) is 1. The Bertz CT molecular complexity index is 198.